The molecule has 0 bridgehead atoms. The summed E-state index contributed by atoms with van der Waals surface area (Å²) in [6.45, 7) is 4.19. The first-order valence-corrected chi connectivity index (χ1v) is 8.74. The van der Waals surface area contributed by atoms with Crippen molar-refractivity contribution < 1.29 is 9.59 Å². The smallest absolute Gasteiger partial charge is 0.257 e. The van der Waals surface area contributed by atoms with Gasteiger partial charge in [-0.05, 0) is 31.9 Å². The van der Waals surface area contributed by atoms with E-state index >= 15 is 0 Å². The topological polar surface area (TPSA) is 74.3 Å². The molecule has 1 aliphatic heterocycles. The van der Waals surface area contributed by atoms with E-state index in [2.05, 4.69) is 33.7 Å². The summed E-state index contributed by atoms with van der Waals surface area (Å²) in [5, 5.41) is 2.63. The number of hydrogen-bond donors (Lipinski definition) is 2. The number of hydrazine groups is 1. The van der Waals surface area contributed by atoms with E-state index in [0.29, 0.717) is 0 Å². The Kier molecular flexibility index (Phi) is 4.80. The molecule has 0 fully saturated rings. The first-order chi connectivity index (χ1) is 11.5. The minimum absolute atomic E-state index is 0.168. The summed E-state index contributed by atoms with van der Waals surface area (Å²) in [4.78, 5) is 30.3. The van der Waals surface area contributed by atoms with Crippen LogP contribution in [-0.4, -0.2) is 29.4 Å². The highest BCUT2D eigenvalue weighted by Crippen LogP contribution is 2.31. The van der Waals surface area contributed by atoms with Gasteiger partial charge in [0.15, 0.2) is 0 Å². The average molecular weight is 344 g/mol. The lowest BCUT2D eigenvalue weighted by atomic mass is 10.1. The SMILES string of the molecule is Cc1csc(CC(=O)NNC(=O)CN2c3ccccc3C[C@H]2C)n1. The van der Waals surface area contributed by atoms with Crippen LogP contribution in [0, 0.1) is 6.92 Å². The molecule has 1 aliphatic rings. The average Bonchev–Trinajstić information content (AvgIpc) is 3.09. The van der Waals surface area contributed by atoms with Crippen molar-refractivity contribution in [1.29, 1.82) is 0 Å². The van der Waals surface area contributed by atoms with Gasteiger partial charge in [-0.1, -0.05) is 18.2 Å². The van der Waals surface area contributed by atoms with Crippen molar-refractivity contribution in [2.45, 2.75) is 32.7 Å². The minimum Gasteiger partial charge on any atom is -0.359 e. The highest BCUT2D eigenvalue weighted by atomic mass is 32.1. The number of para-hydroxylation sites is 1. The van der Waals surface area contributed by atoms with E-state index in [0.717, 1.165) is 22.8 Å². The third-order valence-electron chi connectivity index (χ3n) is 3.98. The van der Waals surface area contributed by atoms with Crippen molar-refractivity contribution in [1.82, 2.24) is 15.8 Å². The molecule has 1 aromatic carbocycles. The molecular weight excluding hydrogens is 324 g/mol. The molecule has 0 spiro atoms. The maximum Gasteiger partial charge on any atom is 0.257 e. The van der Waals surface area contributed by atoms with Gasteiger partial charge in [0, 0.05) is 22.8 Å². The van der Waals surface area contributed by atoms with Gasteiger partial charge in [0.05, 0.1) is 13.0 Å². The van der Waals surface area contributed by atoms with Gasteiger partial charge in [0.1, 0.15) is 5.01 Å². The number of rotatable bonds is 4. The molecule has 2 N–H and O–H groups in total. The Bertz CT molecular complexity index is 759. The van der Waals surface area contributed by atoms with Crippen molar-refractivity contribution in [2.24, 2.45) is 0 Å². The fourth-order valence-corrected chi connectivity index (χ4v) is 3.64. The van der Waals surface area contributed by atoms with E-state index in [1.165, 1.54) is 16.9 Å². The number of anilines is 1. The number of aryl methyl sites for hydroxylation is 1. The van der Waals surface area contributed by atoms with E-state index in [1.54, 1.807) is 0 Å². The van der Waals surface area contributed by atoms with E-state index in [1.807, 2.05) is 30.5 Å². The third kappa shape index (κ3) is 3.73. The Labute approximate surface area is 144 Å². The lowest BCUT2D eigenvalue weighted by Crippen LogP contribution is -2.48. The normalized spacial score (nSPS) is 15.9. The Morgan fingerprint density at radius 1 is 1.29 bits per heavy atom. The maximum absolute atomic E-state index is 12.1. The van der Waals surface area contributed by atoms with E-state index < -0.39 is 0 Å². The molecular formula is C17H20N4O2S. The molecule has 1 atom stereocenters. The van der Waals surface area contributed by atoms with Gasteiger partial charge >= 0.3 is 0 Å². The van der Waals surface area contributed by atoms with Crippen molar-refractivity contribution >= 4 is 28.8 Å². The van der Waals surface area contributed by atoms with Gasteiger partial charge < -0.3 is 4.90 Å². The first kappa shape index (κ1) is 16.4. The van der Waals surface area contributed by atoms with Gasteiger partial charge in [-0.3, -0.25) is 20.4 Å². The van der Waals surface area contributed by atoms with Crippen molar-refractivity contribution in [3.05, 3.63) is 45.9 Å². The summed E-state index contributed by atoms with van der Waals surface area (Å²) < 4.78 is 0. The predicted molar refractivity (Wildman–Crippen MR) is 93.8 cm³/mol. The second kappa shape index (κ2) is 7.00. The molecule has 2 heterocycles. The standard InChI is InChI=1S/C17H20N4O2S/c1-11-10-24-17(18-11)8-15(22)19-20-16(23)9-21-12(2)7-13-5-3-4-6-14(13)21/h3-6,10,12H,7-9H2,1-2H3,(H,19,22)(H,20,23)/t12-/m1/s1. The molecule has 1 aromatic heterocycles. The zero-order valence-corrected chi connectivity index (χ0v) is 14.5. The van der Waals surface area contributed by atoms with Crippen molar-refractivity contribution in [3.63, 3.8) is 0 Å². The highest BCUT2D eigenvalue weighted by molar-refractivity contribution is 7.09. The third-order valence-corrected chi connectivity index (χ3v) is 4.95. The second-order valence-corrected chi connectivity index (χ2v) is 6.91. The molecule has 126 valence electrons. The second-order valence-electron chi connectivity index (χ2n) is 5.97. The number of amides is 2. The molecule has 2 amide bonds. The van der Waals surface area contributed by atoms with Gasteiger partial charge in [0.2, 0.25) is 5.91 Å². The molecule has 24 heavy (non-hydrogen) atoms. The van der Waals surface area contributed by atoms with Gasteiger partial charge in [0.25, 0.3) is 5.91 Å². The van der Waals surface area contributed by atoms with Crippen molar-refractivity contribution in [2.75, 3.05) is 11.4 Å². The Hall–Kier alpha value is -2.41. The van der Waals surface area contributed by atoms with E-state index in [9.17, 15) is 9.59 Å². The lowest BCUT2D eigenvalue weighted by molar-refractivity contribution is -0.127. The maximum atomic E-state index is 12.1. The number of thiazole rings is 1. The zero-order chi connectivity index (χ0) is 17.1. The quantitative estimate of drug-likeness (QED) is 0.826. The van der Waals surface area contributed by atoms with Crippen LogP contribution >= 0.6 is 11.3 Å². The molecule has 6 nitrogen and oxygen atoms in total. The highest BCUT2D eigenvalue weighted by Gasteiger charge is 2.27. The summed E-state index contributed by atoms with van der Waals surface area (Å²) >= 11 is 1.44. The Morgan fingerprint density at radius 3 is 2.79 bits per heavy atom. The van der Waals surface area contributed by atoms with Crippen LogP contribution in [0.15, 0.2) is 29.6 Å². The fourth-order valence-electron chi connectivity index (χ4n) is 2.87. The molecule has 0 radical (unpaired) electrons. The van der Waals surface area contributed by atoms with Gasteiger partial charge in [-0.15, -0.1) is 11.3 Å². The molecule has 0 saturated carbocycles. The molecule has 0 unspecified atom stereocenters. The number of fused-ring (bicyclic) bond motifs is 1. The molecule has 3 rings (SSSR count). The number of carbonyl (C=O) groups excluding carboxylic acids is 2. The summed E-state index contributed by atoms with van der Waals surface area (Å²) in [7, 11) is 0. The van der Waals surface area contributed by atoms with Crippen LogP contribution in [0.3, 0.4) is 0 Å². The monoisotopic (exact) mass is 344 g/mol. The molecule has 2 aromatic rings. The summed E-state index contributed by atoms with van der Waals surface area (Å²) in [6.07, 6.45) is 1.10. The Balaban J connectivity index is 1.50. The summed E-state index contributed by atoms with van der Waals surface area (Å²) in [5.74, 6) is -0.505. The number of nitrogens with zero attached hydrogens (tertiary/aromatic N) is 2. The number of aromatic nitrogens is 1. The van der Waals surface area contributed by atoms with E-state index in [-0.39, 0.29) is 30.8 Å². The molecule has 7 heteroatoms. The van der Waals surface area contributed by atoms with Crippen LogP contribution < -0.4 is 15.8 Å². The number of nitrogens with one attached hydrogen (secondary N) is 2. The van der Waals surface area contributed by atoms with Gasteiger partial charge in [-0.25, -0.2) is 4.98 Å². The largest absolute Gasteiger partial charge is 0.359 e. The lowest BCUT2D eigenvalue weighted by Gasteiger charge is -2.24. The number of carbonyl (C=O) groups is 2. The van der Waals surface area contributed by atoms with Crippen LogP contribution in [-0.2, 0) is 22.4 Å². The minimum atomic E-state index is -0.271. The fraction of sp³-hybridized carbons (Fsp3) is 0.353. The van der Waals surface area contributed by atoms with Crippen LogP contribution in [0.2, 0.25) is 0 Å². The van der Waals surface area contributed by atoms with E-state index in [4.69, 9.17) is 0 Å². The van der Waals surface area contributed by atoms with Crippen molar-refractivity contribution in [3.8, 4) is 0 Å². The summed E-state index contributed by atoms with van der Waals surface area (Å²) in [5.41, 5.74) is 8.17. The van der Waals surface area contributed by atoms with Crippen LogP contribution in [0.4, 0.5) is 5.69 Å². The zero-order valence-electron chi connectivity index (χ0n) is 13.7. The first-order valence-electron chi connectivity index (χ1n) is 7.86. The van der Waals surface area contributed by atoms with Crippen LogP contribution in [0.25, 0.3) is 0 Å². The van der Waals surface area contributed by atoms with Crippen LogP contribution in [0.1, 0.15) is 23.2 Å². The Morgan fingerprint density at radius 2 is 2.04 bits per heavy atom. The van der Waals surface area contributed by atoms with Crippen LogP contribution in [0.5, 0.6) is 0 Å². The number of benzene rings is 1. The molecule has 0 saturated heterocycles. The number of hydrogen-bond acceptors (Lipinski definition) is 5. The van der Waals surface area contributed by atoms with Gasteiger partial charge in [-0.2, -0.15) is 0 Å². The predicted octanol–water partition coefficient (Wildman–Crippen LogP) is 1.59. The molecule has 0 aliphatic carbocycles. The summed E-state index contributed by atoms with van der Waals surface area (Å²) in [6, 6.07) is 8.36.